The van der Waals surface area contributed by atoms with Gasteiger partial charge in [0, 0.05) is 12.6 Å². The van der Waals surface area contributed by atoms with Gasteiger partial charge in [-0.3, -0.25) is 9.59 Å². The zero-order valence-electron chi connectivity index (χ0n) is 6.52. The Bertz CT molecular complexity index is 179. The van der Waals surface area contributed by atoms with E-state index in [1.807, 2.05) is 6.92 Å². The van der Waals surface area contributed by atoms with Crippen molar-refractivity contribution in [2.24, 2.45) is 0 Å². The molecule has 1 unspecified atom stereocenters. The van der Waals surface area contributed by atoms with Gasteiger partial charge in [-0.1, -0.05) is 13.3 Å². The molecule has 1 heterocycles. The second-order valence-corrected chi connectivity index (χ2v) is 2.67. The number of nitrogens with one attached hydrogen (secondary N) is 2. The molecule has 0 aromatic carbocycles. The Labute approximate surface area is 65.3 Å². The molecule has 1 saturated heterocycles. The standard InChI is InChI=1S/C7H12N2O2/c1-2-3-5-4-8-6(10)7(11)9-5/h5H,2-4H2,1H3,(H,8,10)(H,9,11). The number of carbonyl (C=O) groups is 2. The first-order valence-electron chi connectivity index (χ1n) is 3.82. The van der Waals surface area contributed by atoms with Crippen LogP contribution in [0.4, 0.5) is 0 Å². The maximum atomic E-state index is 10.8. The van der Waals surface area contributed by atoms with E-state index in [4.69, 9.17) is 0 Å². The van der Waals surface area contributed by atoms with Crippen molar-refractivity contribution in [2.75, 3.05) is 6.54 Å². The van der Waals surface area contributed by atoms with Gasteiger partial charge in [-0.05, 0) is 6.42 Å². The van der Waals surface area contributed by atoms with Gasteiger partial charge in [0.2, 0.25) is 0 Å². The third kappa shape index (κ3) is 1.93. The normalized spacial score (nSPS) is 24.3. The van der Waals surface area contributed by atoms with Gasteiger partial charge in [-0.2, -0.15) is 0 Å². The lowest BCUT2D eigenvalue weighted by molar-refractivity contribution is -0.141. The van der Waals surface area contributed by atoms with Crippen LogP contribution in [0.25, 0.3) is 0 Å². The van der Waals surface area contributed by atoms with Crippen LogP contribution in [0.1, 0.15) is 19.8 Å². The van der Waals surface area contributed by atoms with E-state index in [9.17, 15) is 9.59 Å². The monoisotopic (exact) mass is 156 g/mol. The van der Waals surface area contributed by atoms with Gasteiger partial charge in [0.05, 0.1) is 0 Å². The maximum absolute atomic E-state index is 10.8. The van der Waals surface area contributed by atoms with Crippen LogP contribution in [-0.2, 0) is 9.59 Å². The van der Waals surface area contributed by atoms with Crippen molar-refractivity contribution in [1.29, 1.82) is 0 Å². The van der Waals surface area contributed by atoms with Crippen LogP contribution in [0.15, 0.2) is 0 Å². The molecule has 1 aliphatic rings. The molecule has 0 aromatic rings. The first-order chi connectivity index (χ1) is 5.24. The van der Waals surface area contributed by atoms with Crippen LogP contribution in [0.3, 0.4) is 0 Å². The van der Waals surface area contributed by atoms with E-state index in [0.29, 0.717) is 6.54 Å². The topological polar surface area (TPSA) is 58.2 Å². The third-order valence-electron chi connectivity index (χ3n) is 1.69. The molecule has 0 saturated carbocycles. The van der Waals surface area contributed by atoms with Crippen LogP contribution in [-0.4, -0.2) is 24.4 Å². The molecule has 1 fully saturated rings. The summed E-state index contributed by atoms with van der Waals surface area (Å²) in [4.78, 5) is 21.4. The molecule has 2 N–H and O–H groups in total. The predicted molar refractivity (Wildman–Crippen MR) is 39.8 cm³/mol. The lowest BCUT2D eigenvalue weighted by atomic mass is 10.1. The van der Waals surface area contributed by atoms with Gasteiger partial charge >= 0.3 is 11.8 Å². The minimum absolute atomic E-state index is 0.130. The Kier molecular flexibility index (Phi) is 2.46. The van der Waals surface area contributed by atoms with Gasteiger partial charge in [0.1, 0.15) is 0 Å². The summed E-state index contributed by atoms with van der Waals surface area (Å²) in [7, 11) is 0. The highest BCUT2D eigenvalue weighted by Crippen LogP contribution is 1.97. The predicted octanol–water partition coefficient (Wildman–Crippen LogP) is -0.599. The molecule has 0 bridgehead atoms. The average molecular weight is 156 g/mol. The van der Waals surface area contributed by atoms with Crippen LogP contribution in [0.2, 0.25) is 0 Å². The Morgan fingerprint density at radius 1 is 1.45 bits per heavy atom. The number of piperazine rings is 1. The molecule has 0 aliphatic carbocycles. The highest BCUT2D eigenvalue weighted by atomic mass is 16.2. The molecule has 4 heteroatoms. The van der Waals surface area contributed by atoms with E-state index >= 15 is 0 Å². The summed E-state index contributed by atoms with van der Waals surface area (Å²) in [6, 6.07) is 0.130. The van der Waals surface area contributed by atoms with Crippen molar-refractivity contribution in [1.82, 2.24) is 10.6 Å². The Morgan fingerprint density at radius 2 is 2.18 bits per heavy atom. The van der Waals surface area contributed by atoms with Crippen molar-refractivity contribution in [3.8, 4) is 0 Å². The molecule has 0 aromatic heterocycles. The molecule has 4 nitrogen and oxygen atoms in total. The number of carbonyl (C=O) groups excluding carboxylic acids is 2. The van der Waals surface area contributed by atoms with Crippen molar-refractivity contribution in [3.05, 3.63) is 0 Å². The van der Waals surface area contributed by atoms with Gasteiger partial charge in [-0.15, -0.1) is 0 Å². The maximum Gasteiger partial charge on any atom is 0.309 e. The van der Waals surface area contributed by atoms with Crippen LogP contribution in [0, 0.1) is 0 Å². The van der Waals surface area contributed by atoms with Crippen molar-refractivity contribution >= 4 is 11.8 Å². The number of rotatable bonds is 2. The van der Waals surface area contributed by atoms with Crippen LogP contribution in [0.5, 0.6) is 0 Å². The van der Waals surface area contributed by atoms with E-state index in [-0.39, 0.29) is 6.04 Å². The lowest BCUT2D eigenvalue weighted by Gasteiger charge is -2.22. The fourth-order valence-electron chi connectivity index (χ4n) is 1.12. The summed E-state index contributed by atoms with van der Waals surface area (Å²) >= 11 is 0. The summed E-state index contributed by atoms with van der Waals surface area (Å²) in [6.45, 7) is 2.61. The van der Waals surface area contributed by atoms with Crippen LogP contribution >= 0.6 is 0 Å². The van der Waals surface area contributed by atoms with E-state index in [1.165, 1.54) is 0 Å². The van der Waals surface area contributed by atoms with Crippen molar-refractivity contribution in [2.45, 2.75) is 25.8 Å². The fraction of sp³-hybridized carbons (Fsp3) is 0.714. The minimum atomic E-state index is -0.516. The first-order valence-corrected chi connectivity index (χ1v) is 3.82. The van der Waals surface area contributed by atoms with Gasteiger partial charge in [0.15, 0.2) is 0 Å². The molecule has 1 rings (SSSR count). The largest absolute Gasteiger partial charge is 0.346 e. The fourth-order valence-corrected chi connectivity index (χ4v) is 1.12. The van der Waals surface area contributed by atoms with Gasteiger partial charge in [0.25, 0.3) is 0 Å². The lowest BCUT2D eigenvalue weighted by Crippen LogP contribution is -2.55. The molecule has 62 valence electrons. The van der Waals surface area contributed by atoms with Crippen LogP contribution < -0.4 is 10.6 Å². The molecule has 0 spiro atoms. The molecular formula is C7H12N2O2. The van der Waals surface area contributed by atoms with E-state index in [2.05, 4.69) is 10.6 Å². The van der Waals surface area contributed by atoms with Crippen molar-refractivity contribution in [3.63, 3.8) is 0 Å². The van der Waals surface area contributed by atoms with Crippen molar-refractivity contribution < 1.29 is 9.59 Å². The highest BCUT2D eigenvalue weighted by molar-refractivity contribution is 6.35. The number of hydrogen-bond donors (Lipinski definition) is 2. The van der Waals surface area contributed by atoms with E-state index in [0.717, 1.165) is 12.8 Å². The summed E-state index contributed by atoms with van der Waals surface area (Å²) in [5, 5.41) is 5.13. The molecule has 0 radical (unpaired) electrons. The smallest absolute Gasteiger partial charge is 0.309 e. The third-order valence-corrected chi connectivity index (χ3v) is 1.69. The quantitative estimate of drug-likeness (QED) is 0.524. The Hall–Kier alpha value is -1.06. The van der Waals surface area contributed by atoms with Gasteiger partial charge < -0.3 is 10.6 Å². The van der Waals surface area contributed by atoms with E-state index < -0.39 is 11.8 Å². The molecule has 1 aliphatic heterocycles. The summed E-state index contributed by atoms with van der Waals surface area (Å²) in [5.41, 5.74) is 0. The second-order valence-electron chi connectivity index (χ2n) is 2.67. The summed E-state index contributed by atoms with van der Waals surface area (Å²) in [5.74, 6) is -1.02. The van der Waals surface area contributed by atoms with E-state index in [1.54, 1.807) is 0 Å². The second kappa shape index (κ2) is 3.37. The molecule has 2 amide bonds. The van der Waals surface area contributed by atoms with Gasteiger partial charge in [-0.25, -0.2) is 0 Å². The highest BCUT2D eigenvalue weighted by Gasteiger charge is 2.23. The summed E-state index contributed by atoms with van der Waals surface area (Å²) < 4.78 is 0. The zero-order valence-corrected chi connectivity index (χ0v) is 6.52. The first kappa shape index (κ1) is 8.04. The Morgan fingerprint density at radius 3 is 2.73 bits per heavy atom. The summed E-state index contributed by atoms with van der Waals surface area (Å²) in [6.07, 6.45) is 1.94. The average Bonchev–Trinajstić information content (AvgIpc) is 1.98. The Balaban J connectivity index is 2.40. The minimum Gasteiger partial charge on any atom is -0.346 e. The SMILES string of the molecule is CCCC1CNC(=O)C(=O)N1. The molecular weight excluding hydrogens is 144 g/mol. The zero-order chi connectivity index (χ0) is 8.27. The number of hydrogen-bond acceptors (Lipinski definition) is 2. The molecule has 11 heavy (non-hydrogen) atoms. The number of amides is 2. The molecule has 1 atom stereocenters.